The maximum atomic E-state index is 12.9. The Morgan fingerprint density at radius 3 is 2.65 bits per heavy atom. The molecule has 0 radical (unpaired) electrons. The first-order chi connectivity index (χ1) is 10.8. The van der Waals surface area contributed by atoms with Crippen LogP contribution in [-0.4, -0.2) is 35.3 Å². The third-order valence-corrected chi connectivity index (χ3v) is 5.36. The molecule has 23 heavy (non-hydrogen) atoms. The van der Waals surface area contributed by atoms with E-state index in [1.807, 2.05) is 16.9 Å². The van der Waals surface area contributed by atoms with Crippen molar-refractivity contribution in [3.05, 3.63) is 18.5 Å². The van der Waals surface area contributed by atoms with Crippen LogP contribution in [0.4, 0.5) is 0 Å². The average molecular weight is 341 g/mol. The largest absolute Gasteiger partial charge is 0.354 e. The lowest BCUT2D eigenvalue weighted by Crippen LogP contribution is -2.54. The molecule has 1 amide bonds. The summed E-state index contributed by atoms with van der Waals surface area (Å²) < 4.78 is 1.86. The zero-order valence-electron chi connectivity index (χ0n) is 13.8. The maximum absolute atomic E-state index is 12.9. The van der Waals surface area contributed by atoms with E-state index in [1.54, 1.807) is 6.20 Å². The summed E-state index contributed by atoms with van der Waals surface area (Å²) in [5, 5.41) is 10.9. The molecule has 1 aliphatic heterocycles. The molecule has 1 saturated carbocycles. The molecule has 0 atom stereocenters. The predicted octanol–water partition coefficient (Wildman–Crippen LogP) is 2.47. The highest BCUT2D eigenvalue weighted by Crippen LogP contribution is 2.28. The Balaban J connectivity index is 0.00000192. The number of piperidine rings is 1. The van der Waals surface area contributed by atoms with E-state index in [0.717, 1.165) is 44.8 Å². The Morgan fingerprint density at radius 2 is 2.00 bits per heavy atom. The SMILES string of the molecule is Cl.O=C(NCCC1CCCCC1)C1(n2cccn2)CCNCC1. The monoisotopic (exact) mass is 340 g/mol. The van der Waals surface area contributed by atoms with E-state index in [9.17, 15) is 4.79 Å². The van der Waals surface area contributed by atoms with Gasteiger partial charge in [-0.2, -0.15) is 5.10 Å². The minimum absolute atomic E-state index is 0. The van der Waals surface area contributed by atoms with Crippen molar-refractivity contribution in [2.75, 3.05) is 19.6 Å². The van der Waals surface area contributed by atoms with Crippen molar-refractivity contribution >= 4 is 18.3 Å². The first-order valence-electron chi connectivity index (χ1n) is 8.80. The third kappa shape index (κ3) is 4.27. The molecule has 1 saturated heterocycles. The van der Waals surface area contributed by atoms with Crippen LogP contribution in [0.2, 0.25) is 0 Å². The molecule has 6 heteroatoms. The van der Waals surface area contributed by atoms with Crippen molar-refractivity contribution < 1.29 is 4.79 Å². The van der Waals surface area contributed by atoms with Gasteiger partial charge < -0.3 is 10.6 Å². The van der Waals surface area contributed by atoms with Crippen LogP contribution in [-0.2, 0) is 10.3 Å². The number of hydrogen-bond donors (Lipinski definition) is 2. The average Bonchev–Trinajstić information content (AvgIpc) is 3.11. The summed E-state index contributed by atoms with van der Waals surface area (Å²) in [5.74, 6) is 0.955. The highest BCUT2D eigenvalue weighted by molar-refractivity contribution is 5.85. The van der Waals surface area contributed by atoms with E-state index in [0.29, 0.717) is 0 Å². The summed E-state index contributed by atoms with van der Waals surface area (Å²) in [7, 11) is 0. The van der Waals surface area contributed by atoms with E-state index < -0.39 is 5.54 Å². The summed E-state index contributed by atoms with van der Waals surface area (Å²) >= 11 is 0. The van der Waals surface area contributed by atoms with Gasteiger partial charge in [-0.3, -0.25) is 9.48 Å². The van der Waals surface area contributed by atoms with Crippen LogP contribution >= 0.6 is 12.4 Å². The van der Waals surface area contributed by atoms with Gasteiger partial charge in [-0.15, -0.1) is 12.4 Å². The van der Waals surface area contributed by atoms with E-state index in [4.69, 9.17) is 0 Å². The fraction of sp³-hybridized carbons (Fsp3) is 0.765. The number of nitrogens with zero attached hydrogens (tertiary/aromatic N) is 2. The van der Waals surface area contributed by atoms with E-state index in [2.05, 4.69) is 15.7 Å². The lowest BCUT2D eigenvalue weighted by Gasteiger charge is -2.36. The summed E-state index contributed by atoms with van der Waals surface area (Å²) in [5.41, 5.74) is -0.499. The molecule has 2 aliphatic rings. The van der Waals surface area contributed by atoms with E-state index in [-0.39, 0.29) is 18.3 Å². The molecule has 1 aliphatic carbocycles. The van der Waals surface area contributed by atoms with Crippen molar-refractivity contribution in [1.29, 1.82) is 0 Å². The Hall–Kier alpha value is -1.07. The van der Waals surface area contributed by atoms with Crippen molar-refractivity contribution in [3.8, 4) is 0 Å². The van der Waals surface area contributed by atoms with Crippen molar-refractivity contribution in [3.63, 3.8) is 0 Å². The first-order valence-corrected chi connectivity index (χ1v) is 8.80. The van der Waals surface area contributed by atoms with Crippen LogP contribution < -0.4 is 10.6 Å². The second-order valence-corrected chi connectivity index (χ2v) is 6.78. The number of amides is 1. The number of rotatable bonds is 5. The minimum atomic E-state index is -0.499. The zero-order chi connectivity index (χ0) is 15.3. The molecule has 5 nitrogen and oxygen atoms in total. The molecule has 2 heterocycles. The van der Waals surface area contributed by atoms with Gasteiger partial charge in [0.1, 0.15) is 5.54 Å². The van der Waals surface area contributed by atoms with Crippen LogP contribution in [0.25, 0.3) is 0 Å². The van der Waals surface area contributed by atoms with Gasteiger partial charge in [0.25, 0.3) is 0 Å². The van der Waals surface area contributed by atoms with Gasteiger partial charge in [0.05, 0.1) is 0 Å². The zero-order valence-corrected chi connectivity index (χ0v) is 14.6. The smallest absolute Gasteiger partial charge is 0.248 e. The van der Waals surface area contributed by atoms with Gasteiger partial charge in [0.2, 0.25) is 5.91 Å². The van der Waals surface area contributed by atoms with Gasteiger partial charge in [0.15, 0.2) is 0 Å². The minimum Gasteiger partial charge on any atom is -0.354 e. The summed E-state index contributed by atoms with van der Waals surface area (Å²) in [4.78, 5) is 12.9. The van der Waals surface area contributed by atoms with Crippen molar-refractivity contribution in [2.24, 2.45) is 5.92 Å². The molecule has 130 valence electrons. The third-order valence-electron chi connectivity index (χ3n) is 5.36. The van der Waals surface area contributed by atoms with Crippen molar-refractivity contribution in [2.45, 2.75) is 56.9 Å². The van der Waals surface area contributed by atoms with Crippen LogP contribution in [0.3, 0.4) is 0 Å². The fourth-order valence-corrected chi connectivity index (χ4v) is 3.95. The molecule has 1 aromatic heterocycles. The van der Waals surface area contributed by atoms with Crippen LogP contribution in [0.5, 0.6) is 0 Å². The Labute approximate surface area is 145 Å². The van der Waals surface area contributed by atoms with Crippen LogP contribution in [0, 0.1) is 5.92 Å². The van der Waals surface area contributed by atoms with Crippen LogP contribution in [0.1, 0.15) is 51.4 Å². The summed E-state index contributed by atoms with van der Waals surface area (Å²) in [6.07, 6.45) is 13.2. The highest BCUT2D eigenvalue weighted by Gasteiger charge is 2.41. The molecule has 0 unspecified atom stereocenters. The molecular weight excluding hydrogens is 312 g/mol. The first kappa shape index (κ1) is 18.3. The van der Waals surface area contributed by atoms with Gasteiger partial charge in [-0.05, 0) is 44.3 Å². The van der Waals surface area contributed by atoms with Crippen molar-refractivity contribution in [1.82, 2.24) is 20.4 Å². The van der Waals surface area contributed by atoms with Gasteiger partial charge in [-0.25, -0.2) is 0 Å². The summed E-state index contributed by atoms with van der Waals surface area (Å²) in [6.45, 7) is 2.55. The summed E-state index contributed by atoms with van der Waals surface area (Å²) in [6, 6.07) is 1.90. The topological polar surface area (TPSA) is 59.0 Å². The standard InChI is InChI=1S/C17H28N4O.ClH/c22-16(19-11-7-15-5-2-1-3-6-15)17(8-12-18-13-9-17)21-14-4-10-20-21;/h4,10,14-15,18H,1-3,5-9,11-13H2,(H,19,22);1H. The molecular formula is C17H29ClN4O. The van der Waals surface area contributed by atoms with Gasteiger partial charge >= 0.3 is 0 Å². The molecule has 0 spiro atoms. The number of nitrogens with one attached hydrogen (secondary N) is 2. The van der Waals surface area contributed by atoms with E-state index >= 15 is 0 Å². The lowest BCUT2D eigenvalue weighted by molar-refractivity contribution is -0.132. The van der Waals surface area contributed by atoms with Gasteiger partial charge in [-0.1, -0.05) is 32.1 Å². The second-order valence-electron chi connectivity index (χ2n) is 6.78. The molecule has 2 fully saturated rings. The Morgan fingerprint density at radius 1 is 1.26 bits per heavy atom. The van der Waals surface area contributed by atoms with Gasteiger partial charge in [0, 0.05) is 18.9 Å². The highest BCUT2D eigenvalue weighted by atomic mass is 35.5. The molecule has 3 rings (SSSR count). The number of hydrogen-bond acceptors (Lipinski definition) is 3. The number of carbonyl (C=O) groups excluding carboxylic acids is 1. The Bertz CT molecular complexity index is 465. The number of halogens is 1. The number of aromatic nitrogens is 2. The predicted molar refractivity (Wildman–Crippen MR) is 93.8 cm³/mol. The van der Waals surface area contributed by atoms with Crippen LogP contribution in [0.15, 0.2) is 18.5 Å². The number of carbonyl (C=O) groups is 1. The molecule has 0 aromatic carbocycles. The second kappa shape index (κ2) is 8.69. The fourth-order valence-electron chi connectivity index (χ4n) is 3.95. The molecule has 2 N–H and O–H groups in total. The van der Waals surface area contributed by atoms with E-state index in [1.165, 1.54) is 32.1 Å². The lowest BCUT2D eigenvalue weighted by atomic mass is 9.86. The quantitative estimate of drug-likeness (QED) is 0.865. The maximum Gasteiger partial charge on any atom is 0.248 e. The molecule has 1 aromatic rings. The molecule has 0 bridgehead atoms. The Kier molecular flexibility index (Phi) is 6.90. The normalized spacial score (nSPS) is 21.4.